The number of amides is 2. The number of hydrogen-bond donors (Lipinski definition) is 3. The Morgan fingerprint density at radius 2 is 1.82 bits per heavy atom. The van der Waals surface area contributed by atoms with Crippen molar-refractivity contribution in [3.05, 3.63) is 88.3 Å². The number of halogens is 1. The lowest BCUT2D eigenvalue weighted by molar-refractivity contribution is -0.118. The lowest BCUT2D eigenvalue weighted by Gasteiger charge is -2.11. The van der Waals surface area contributed by atoms with Crippen LogP contribution in [0.5, 0.6) is 5.75 Å². The summed E-state index contributed by atoms with van der Waals surface area (Å²) in [5, 5.41) is 4.11. The van der Waals surface area contributed by atoms with Gasteiger partial charge in [0.15, 0.2) is 0 Å². The predicted molar refractivity (Wildman–Crippen MR) is 145 cm³/mol. The van der Waals surface area contributed by atoms with Crippen LogP contribution in [0.2, 0.25) is 5.02 Å². The summed E-state index contributed by atoms with van der Waals surface area (Å²) in [7, 11) is -4.09. The van der Waals surface area contributed by atoms with Crippen molar-refractivity contribution in [3.63, 3.8) is 0 Å². The highest BCUT2D eigenvalue weighted by atomic mass is 35.5. The van der Waals surface area contributed by atoms with Crippen molar-refractivity contribution in [2.45, 2.75) is 31.6 Å². The lowest BCUT2D eigenvalue weighted by Crippen LogP contribution is -2.40. The van der Waals surface area contributed by atoms with Gasteiger partial charge in [-0.3, -0.25) is 14.6 Å². The second kappa shape index (κ2) is 11.7. The van der Waals surface area contributed by atoms with E-state index < -0.39 is 28.4 Å². The monoisotopic (exact) mass is 554 g/mol. The summed E-state index contributed by atoms with van der Waals surface area (Å²) in [5.41, 5.74) is 3.76. The number of benzene rings is 2. The van der Waals surface area contributed by atoms with E-state index in [9.17, 15) is 18.0 Å². The van der Waals surface area contributed by atoms with Crippen LogP contribution in [-0.2, 0) is 21.2 Å². The van der Waals surface area contributed by atoms with Gasteiger partial charge in [0.1, 0.15) is 16.3 Å². The maximum absolute atomic E-state index is 13.0. The molecule has 2 aromatic carbocycles. The van der Waals surface area contributed by atoms with Crippen molar-refractivity contribution in [2.24, 2.45) is 0 Å². The number of aromatic nitrogens is 2. The molecule has 198 valence electrons. The van der Waals surface area contributed by atoms with Crippen molar-refractivity contribution < 1.29 is 22.7 Å². The van der Waals surface area contributed by atoms with Crippen molar-refractivity contribution in [1.29, 1.82) is 0 Å². The van der Waals surface area contributed by atoms with Crippen LogP contribution >= 0.6 is 11.6 Å². The number of pyridine rings is 1. The maximum atomic E-state index is 13.0. The molecular weight excluding hydrogens is 528 g/mol. The molecule has 2 amide bonds. The molecule has 0 saturated carbocycles. The summed E-state index contributed by atoms with van der Waals surface area (Å²) >= 11 is 6.23. The number of para-hydroxylation sites is 1. The first-order valence-electron chi connectivity index (χ1n) is 11.9. The molecule has 0 unspecified atom stereocenters. The van der Waals surface area contributed by atoms with Gasteiger partial charge < -0.3 is 15.0 Å². The average molecular weight is 555 g/mol. The van der Waals surface area contributed by atoms with E-state index in [1.54, 1.807) is 0 Å². The summed E-state index contributed by atoms with van der Waals surface area (Å²) in [6.07, 6.45) is 3.72. The van der Waals surface area contributed by atoms with Crippen LogP contribution < -0.4 is 14.8 Å². The Hall–Kier alpha value is -3.89. The molecule has 0 aliphatic carbocycles. The van der Waals surface area contributed by atoms with Gasteiger partial charge in [0.25, 0.3) is 21.8 Å². The summed E-state index contributed by atoms with van der Waals surface area (Å²) in [6.45, 7) is 3.75. The van der Waals surface area contributed by atoms with Gasteiger partial charge in [-0.05, 0) is 73.7 Å². The molecule has 0 saturated heterocycles. The van der Waals surface area contributed by atoms with Crippen LogP contribution in [0.3, 0.4) is 0 Å². The minimum atomic E-state index is -4.09. The molecular formula is C27H27ClN4O5S. The number of H-pyrrole nitrogens is 1. The molecule has 0 aliphatic heterocycles. The second-order valence-corrected chi connectivity index (χ2v) is 10.8. The number of aromatic amines is 1. The molecule has 2 aromatic heterocycles. The zero-order valence-corrected chi connectivity index (χ0v) is 22.4. The van der Waals surface area contributed by atoms with Gasteiger partial charge in [0.2, 0.25) is 0 Å². The number of nitrogens with one attached hydrogen (secondary N) is 3. The van der Waals surface area contributed by atoms with E-state index in [-0.39, 0.29) is 4.90 Å². The fourth-order valence-electron chi connectivity index (χ4n) is 4.08. The zero-order valence-electron chi connectivity index (χ0n) is 20.9. The van der Waals surface area contributed by atoms with E-state index in [0.29, 0.717) is 25.1 Å². The van der Waals surface area contributed by atoms with Crippen molar-refractivity contribution in [1.82, 2.24) is 20.0 Å². The normalized spacial score (nSPS) is 11.3. The largest absolute Gasteiger partial charge is 0.494 e. The molecule has 0 bridgehead atoms. The molecule has 3 N–H and O–H groups in total. The molecule has 38 heavy (non-hydrogen) atoms. The first kappa shape index (κ1) is 27.2. The summed E-state index contributed by atoms with van der Waals surface area (Å²) in [4.78, 5) is 32.0. The Balaban J connectivity index is 1.40. The third kappa shape index (κ3) is 6.32. The third-order valence-electron chi connectivity index (χ3n) is 5.89. The van der Waals surface area contributed by atoms with Crippen LogP contribution in [0.4, 0.5) is 0 Å². The molecule has 0 atom stereocenters. The van der Waals surface area contributed by atoms with Gasteiger partial charge in [-0.1, -0.05) is 29.8 Å². The topological polar surface area (TPSA) is 130 Å². The minimum absolute atomic E-state index is 0.149. The Kier molecular flexibility index (Phi) is 8.33. The molecule has 4 rings (SSSR count). The number of sulfonamides is 1. The molecule has 0 fully saturated rings. The average Bonchev–Trinajstić information content (AvgIpc) is 3.27. The molecule has 0 aliphatic rings. The number of carbonyl (C=O) groups excluding carboxylic acids is 2. The first-order chi connectivity index (χ1) is 18.2. The van der Waals surface area contributed by atoms with E-state index in [2.05, 4.69) is 15.3 Å². The van der Waals surface area contributed by atoms with Crippen LogP contribution in [-0.4, -0.2) is 43.4 Å². The Morgan fingerprint density at radius 1 is 1.08 bits per heavy atom. The molecule has 0 spiro atoms. The number of rotatable bonds is 10. The van der Waals surface area contributed by atoms with E-state index in [1.165, 1.54) is 18.3 Å². The van der Waals surface area contributed by atoms with Crippen molar-refractivity contribution in [3.8, 4) is 5.75 Å². The predicted octanol–water partition coefficient (Wildman–Crippen LogP) is 4.08. The Bertz CT molecular complexity index is 1560. The smallest absolute Gasteiger partial charge is 0.268 e. The third-order valence-corrected chi connectivity index (χ3v) is 7.85. The highest BCUT2D eigenvalue weighted by Gasteiger charge is 2.21. The number of carbonyl (C=O) groups is 2. The summed E-state index contributed by atoms with van der Waals surface area (Å²) in [5.74, 6) is -0.662. The van der Waals surface area contributed by atoms with Gasteiger partial charge in [0.05, 0.1) is 13.2 Å². The lowest BCUT2D eigenvalue weighted by atomic mass is 10.1. The zero-order chi connectivity index (χ0) is 27.3. The number of aryl methyl sites for hydroxylation is 3. The highest BCUT2D eigenvalue weighted by Crippen LogP contribution is 2.27. The number of hydrogen-bond acceptors (Lipinski definition) is 6. The van der Waals surface area contributed by atoms with E-state index in [0.717, 1.165) is 44.6 Å². The number of fused-ring (bicyclic) bond motifs is 1. The fraction of sp³-hybridized carbons (Fsp3) is 0.222. The number of ether oxygens (including phenoxy) is 1. The van der Waals surface area contributed by atoms with Gasteiger partial charge in [0, 0.05) is 28.3 Å². The van der Waals surface area contributed by atoms with Crippen LogP contribution in [0.25, 0.3) is 10.9 Å². The standard InChI is InChI=1S/C27H27ClN4O5S/c1-17-13-19(14-18(2)25(17)28)37-12-6-9-22-21-8-3-4-10-23(21)31-26(22)27(34)30-16-24(33)32-38(35,36)20-7-5-11-29-15-20/h3-5,7-8,10-11,13-15,31H,6,9,12,16H2,1-2H3,(H,30,34)(H,32,33). The van der Waals surface area contributed by atoms with Gasteiger partial charge >= 0.3 is 0 Å². The molecule has 0 radical (unpaired) electrons. The van der Waals surface area contributed by atoms with Crippen LogP contribution in [0.1, 0.15) is 33.6 Å². The van der Waals surface area contributed by atoms with Gasteiger partial charge in [-0.25, -0.2) is 13.1 Å². The minimum Gasteiger partial charge on any atom is -0.494 e. The van der Waals surface area contributed by atoms with Crippen molar-refractivity contribution in [2.75, 3.05) is 13.2 Å². The van der Waals surface area contributed by atoms with Crippen LogP contribution in [0, 0.1) is 13.8 Å². The SMILES string of the molecule is Cc1cc(OCCCc2c(C(=O)NCC(=O)NS(=O)(=O)c3cccnc3)[nH]c3ccccc23)cc(C)c1Cl. The van der Waals surface area contributed by atoms with E-state index in [4.69, 9.17) is 16.3 Å². The second-order valence-electron chi connectivity index (χ2n) is 8.75. The summed E-state index contributed by atoms with van der Waals surface area (Å²) in [6, 6.07) is 14.1. The summed E-state index contributed by atoms with van der Waals surface area (Å²) < 4.78 is 32.5. The number of nitrogens with zero attached hydrogens (tertiary/aromatic N) is 1. The van der Waals surface area contributed by atoms with Crippen LogP contribution in [0.15, 0.2) is 65.8 Å². The highest BCUT2D eigenvalue weighted by molar-refractivity contribution is 7.90. The first-order valence-corrected chi connectivity index (χ1v) is 13.7. The van der Waals surface area contributed by atoms with Crippen molar-refractivity contribution >= 4 is 44.3 Å². The molecule has 9 nitrogen and oxygen atoms in total. The van der Waals surface area contributed by atoms with E-state index in [1.807, 2.05) is 55.0 Å². The molecule has 4 aromatic rings. The Labute approximate surface area is 225 Å². The van der Waals surface area contributed by atoms with E-state index >= 15 is 0 Å². The maximum Gasteiger partial charge on any atom is 0.268 e. The van der Waals surface area contributed by atoms with Gasteiger partial charge in [-0.2, -0.15) is 0 Å². The molecule has 2 heterocycles. The fourth-order valence-corrected chi connectivity index (χ4v) is 5.14. The Morgan fingerprint density at radius 3 is 2.53 bits per heavy atom. The molecule has 11 heteroatoms. The quantitative estimate of drug-likeness (QED) is 0.253. The van der Waals surface area contributed by atoms with Gasteiger partial charge in [-0.15, -0.1) is 0 Å².